The van der Waals surface area contributed by atoms with Gasteiger partial charge in [-0.25, -0.2) is 0 Å². The van der Waals surface area contributed by atoms with Crippen molar-refractivity contribution in [3.63, 3.8) is 0 Å². The predicted molar refractivity (Wildman–Crippen MR) is 185 cm³/mol. The molecule has 47 heavy (non-hydrogen) atoms. The largest absolute Gasteiger partial charge is 2.00 e. The Bertz CT molecular complexity index is 2590. The molecule has 4 nitrogen and oxygen atoms in total. The van der Waals surface area contributed by atoms with Gasteiger partial charge in [0.25, 0.3) is 0 Å². The standard InChI is InChI=1S/C42H24N4.Pt/c1-3-14-33-31(12-1)32-13-2-4-15-34(32)42(33,30-11-7-9-29(25-30)41-44-35-16-5-6-17-36(35)45-41)37-23-22-28-21-19-26-18-20-27-10-8-24-43-39(27)38(26)40(28)46-37;/h1-24H;/q-2;+2. The summed E-state index contributed by atoms with van der Waals surface area (Å²) in [5, 5.41) is 4.38. The zero-order chi connectivity index (χ0) is 30.2. The van der Waals surface area contributed by atoms with Crippen LogP contribution in [0.5, 0.6) is 0 Å². The second-order valence-corrected chi connectivity index (χ2v) is 11.9. The molecule has 5 heteroatoms. The number of nitrogens with zero attached hydrogens (tertiary/aromatic N) is 4. The van der Waals surface area contributed by atoms with Crippen LogP contribution in [0.2, 0.25) is 0 Å². The van der Waals surface area contributed by atoms with Crippen molar-refractivity contribution in [1.82, 2.24) is 19.9 Å². The van der Waals surface area contributed by atoms with Gasteiger partial charge >= 0.3 is 21.1 Å². The van der Waals surface area contributed by atoms with Crippen molar-refractivity contribution in [2.45, 2.75) is 5.41 Å². The average Bonchev–Trinajstić information content (AvgIpc) is 3.69. The molecular weight excluding hydrogens is 756 g/mol. The summed E-state index contributed by atoms with van der Waals surface area (Å²) in [7, 11) is 0. The number of fused-ring (bicyclic) bond motifs is 9. The average molecular weight is 780 g/mol. The van der Waals surface area contributed by atoms with Crippen molar-refractivity contribution in [1.29, 1.82) is 0 Å². The van der Waals surface area contributed by atoms with Crippen molar-refractivity contribution >= 4 is 43.6 Å². The van der Waals surface area contributed by atoms with Gasteiger partial charge in [0.05, 0.1) is 22.1 Å². The van der Waals surface area contributed by atoms with Crippen LogP contribution in [0.1, 0.15) is 22.4 Å². The van der Waals surface area contributed by atoms with Gasteiger partial charge in [0.2, 0.25) is 0 Å². The fraction of sp³-hybridized carbons (Fsp3) is 0.0238. The molecule has 0 unspecified atom stereocenters. The predicted octanol–water partition coefficient (Wildman–Crippen LogP) is 9.27. The number of imidazole rings is 1. The quantitative estimate of drug-likeness (QED) is 0.133. The van der Waals surface area contributed by atoms with E-state index < -0.39 is 5.41 Å². The molecule has 6 aromatic carbocycles. The van der Waals surface area contributed by atoms with Gasteiger partial charge < -0.3 is 9.97 Å². The van der Waals surface area contributed by atoms with Crippen LogP contribution in [-0.2, 0) is 26.5 Å². The van der Waals surface area contributed by atoms with Crippen LogP contribution in [0.15, 0.2) is 146 Å². The Labute approximate surface area is 285 Å². The van der Waals surface area contributed by atoms with E-state index in [9.17, 15) is 0 Å². The monoisotopic (exact) mass is 779 g/mol. The second-order valence-electron chi connectivity index (χ2n) is 11.9. The van der Waals surface area contributed by atoms with Crippen LogP contribution in [0.4, 0.5) is 0 Å². The van der Waals surface area contributed by atoms with Gasteiger partial charge in [0.1, 0.15) is 0 Å². The molecule has 1 aliphatic carbocycles. The van der Waals surface area contributed by atoms with Crippen LogP contribution in [0, 0.1) is 6.07 Å². The Morgan fingerprint density at radius 2 is 1.23 bits per heavy atom. The summed E-state index contributed by atoms with van der Waals surface area (Å²) in [4.78, 5) is 20.2. The Kier molecular flexibility index (Phi) is 6.25. The molecule has 0 fully saturated rings. The van der Waals surface area contributed by atoms with Gasteiger partial charge in [-0.3, -0.25) is 9.97 Å². The molecule has 0 saturated heterocycles. The van der Waals surface area contributed by atoms with Crippen LogP contribution in [-0.4, -0.2) is 15.0 Å². The van der Waals surface area contributed by atoms with E-state index in [1.54, 1.807) is 0 Å². The van der Waals surface area contributed by atoms with Gasteiger partial charge in [-0.05, 0) is 50.8 Å². The number of benzene rings is 6. The van der Waals surface area contributed by atoms with Crippen LogP contribution in [0.25, 0.3) is 66.1 Å². The molecule has 9 aromatic rings. The molecule has 0 bridgehead atoms. The minimum atomic E-state index is -0.719. The first kappa shape index (κ1) is 27.8. The molecule has 3 aromatic heterocycles. The summed E-state index contributed by atoms with van der Waals surface area (Å²) in [6.45, 7) is 0. The van der Waals surface area contributed by atoms with E-state index >= 15 is 0 Å². The normalized spacial score (nSPS) is 13.1. The molecule has 0 radical (unpaired) electrons. The molecule has 0 amide bonds. The zero-order valence-electron chi connectivity index (χ0n) is 25.0. The van der Waals surface area contributed by atoms with Gasteiger partial charge in [-0.2, -0.15) is 5.56 Å². The number of rotatable bonds is 3. The Morgan fingerprint density at radius 3 is 2.02 bits per heavy atom. The van der Waals surface area contributed by atoms with E-state index in [-0.39, 0.29) is 21.1 Å². The molecular formula is C42H24N4Pt. The summed E-state index contributed by atoms with van der Waals surface area (Å²) in [6, 6.07) is 52.7. The maximum absolute atomic E-state index is 5.63. The Balaban J connectivity index is 0.00000302. The summed E-state index contributed by atoms with van der Waals surface area (Å²) in [5.41, 5.74) is 10.6. The van der Waals surface area contributed by atoms with Crippen LogP contribution >= 0.6 is 0 Å². The molecule has 0 atom stereocenters. The van der Waals surface area contributed by atoms with E-state index in [1.807, 2.05) is 36.5 Å². The fourth-order valence-electron chi connectivity index (χ4n) is 7.53. The Morgan fingerprint density at radius 1 is 0.553 bits per heavy atom. The Hall–Kier alpha value is -5.44. The summed E-state index contributed by atoms with van der Waals surface area (Å²) in [5.74, 6) is 0.674. The minimum absolute atomic E-state index is 0. The summed E-state index contributed by atoms with van der Waals surface area (Å²) < 4.78 is 0. The number of pyridine rings is 2. The molecule has 0 N–H and O–H groups in total. The van der Waals surface area contributed by atoms with Crippen molar-refractivity contribution in [2.75, 3.05) is 0 Å². The molecule has 222 valence electrons. The maximum Gasteiger partial charge on any atom is 2.00 e. The number of aromatic nitrogens is 4. The number of hydrogen-bond acceptors (Lipinski definition) is 3. The molecule has 10 rings (SSSR count). The fourth-order valence-corrected chi connectivity index (χ4v) is 7.53. The maximum atomic E-state index is 5.63. The third-order valence-electron chi connectivity index (χ3n) is 9.52. The van der Waals surface area contributed by atoms with E-state index in [0.29, 0.717) is 5.82 Å². The van der Waals surface area contributed by atoms with Crippen LogP contribution in [0.3, 0.4) is 0 Å². The minimum Gasteiger partial charge on any atom is -0.483 e. The molecule has 0 saturated carbocycles. The summed E-state index contributed by atoms with van der Waals surface area (Å²) >= 11 is 0. The van der Waals surface area contributed by atoms with Crippen molar-refractivity contribution < 1.29 is 21.1 Å². The smallest absolute Gasteiger partial charge is 0.483 e. The van der Waals surface area contributed by atoms with E-state index in [2.05, 4.69) is 115 Å². The van der Waals surface area contributed by atoms with Gasteiger partial charge in [0.15, 0.2) is 0 Å². The molecule has 0 spiro atoms. The molecule has 0 aliphatic heterocycles. The first-order chi connectivity index (χ1) is 22.8. The summed E-state index contributed by atoms with van der Waals surface area (Å²) in [6.07, 6.45) is 1.87. The number of para-hydroxylation sites is 2. The third kappa shape index (κ3) is 3.95. The van der Waals surface area contributed by atoms with E-state index in [4.69, 9.17) is 19.9 Å². The van der Waals surface area contributed by atoms with Gasteiger partial charge in [0, 0.05) is 22.4 Å². The van der Waals surface area contributed by atoms with E-state index in [1.165, 1.54) is 22.3 Å². The first-order valence-electron chi connectivity index (χ1n) is 15.5. The number of hydrogen-bond donors (Lipinski definition) is 0. The first-order valence-corrected chi connectivity index (χ1v) is 15.5. The second kappa shape index (κ2) is 10.6. The van der Waals surface area contributed by atoms with E-state index in [0.717, 1.165) is 60.4 Å². The topological polar surface area (TPSA) is 52.8 Å². The SMILES string of the molecule is [Pt+2].[c-]1c(-c2nc3ccccc3[n-]2)cccc1C1(c2ccc3ccc4ccc5cccnc5c4c3n2)c2ccccc2-c2ccccc21. The van der Waals surface area contributed by atoms with Crippen molar-refractivity contribution in [3.05, 3.63) is 174 Å². The zero-order valence-corrected chi connectivity index (χ0v) is 27.2. The van der Waals surface area contributed by atoms with Gasteiger partial charge in [-0.1, -0.05) is 109 Å². The van der Waals surface area contributed by atoms with Crippen molar-refractivity contribution in [2.24, 2.45) is 0 Å². The van der Waals surface area contributed by atoms with Gasteiger partial charge in [-0.15, -0.1) is 35.7 Å². The van der Waals surface area contributed by atoms with Crippen LogP contribution < -0.4 is 4.98 Å². The molecule has 3 heterocycles. The van der Waals surface area contributed by atoms with Crippen molar-refractivity contribution in [3.8, 4) is 22.5 Å². The third-order valence-corrected chi connectivity index (χ3v) is 9.52. The molecule has 1 aliphatic rings.